The molecule has 0 fully saturated rings. The van der Waals surface area contributed by atoms with Crippen LogP contribution in [0.2, 0.25) is 0 Å². The second-order valence-corrected chi connectivity index (χ2v) is 5.83. The van der Waals surface area contributed by atoms with Crippen LogP contribution in [0, 0.1) is 19.8 Å². The number of aromatic nitrogens is 2. The summed E-state index contributed by atoms with van der Waals surface area (Å²) in [5.74, 6) is 1.62. The quantitative estimate of drug-likeness (QED) is 0.270. The summed E-state index contributed by atoms with van der Waals surface area (Å²) in [5.41, 5.74) is 2.32. The summed E-state index contributed by atoms with van der Waals surface area (Å²) in [5, 5.41) is 11.2. The first-order chi connectivity index (χ1) is 10.6. The predicted molar refractivity (Wildman–Crippen MR) is 110 cm³/mol. The first kappa shape index (κ1) is 22.2. The smallest absolute Gasteiger partial charge is 0.191 e. The largest absolute Gasteiger partial charge is 0.357 e. The maximum Gasteiger partial charge on any atom is 0.191 e. The first-order valence-electron chi connectivity index (χ1n) is 8.63. The van der Waals surface area contributed by atoms with Gasteiger partial charge in [0.15, 0.2) is 5.96 Å². The van der Waals surface area contributed by atoms with Crippen LogP contribution >= 0.6 is 24.0 Å². The molecule has 0 aliphatic rings. The van der Waals surface area contributed by atoms with E-state index in [4.69, 9.17) is 4.99 Å². The molecule has 0 aromatic carbocycles. The third-order valence-corrected chi connectivity index (χ3v) is 3.95. The van der Waals surface area contributed by atoms with Crippen LogP contribution in [0.5, 0.6) is 0 Å². The normalized spacial score (nSPS) is 11.5. The molecule has 1 rings (SSSR count). The van der Waals surface area contributed by atoms with Gasteiger partial charge in [-0.25, -0.2) is 0 Å². The van der Waals surface area contributed by atoms with E-state index >= 15 is 0 Å². The van der Waals surface area contributed by atoms with Crippen molar-refractivity contribution in [2.75, 3.05) is 19.6 Å². The van der Waals surface area contributed by atoms with Gasteiger partial charge in [-0.3, -0.25) is 9.67 Å². The van der Waals surface area contributed by atoms with Crippen LogP contribution in [-0.4, -0.2) is 35.4 Å². The minimum absolute atomic E-state index is 0. The maximum atomic E-state index is 4.69. The highest BCUT2D eigenvalue weighted by Gasteiger charge is 2.04. The molecule has 1 aromatic heterocycles. The minimum Gasteiger partial charge on any atom is -0.357 e. The highest BCUT2D eigenvalue weighted by Crippen LogP contribution is 2.07. The van der Waals surface area contributed by atoms with Crippen LogP contribution in [-0.2, 0) is 6.54 Å². The molecule has 2 N–H and O–H groups in total. The van der Waals surface area contributed by atoms with E-state index in [1.165, 1.54) is 18.5 Å². The Morgan fingerprint density at radius 3 is 2.43 bits per heavy atom. The van der Waals surface area contributed by atoms with Crippen molar-refractivity contribution >= 4 is 29.9 Å². The number of guanidine groups is 1. The number of halogens is 1. The molecular formula is C17H34IN5. The molecular weight excluding hydrogens is 401 g/mol. The van der Waals surface area contributed by atoms with E-state index in [0.29, 0.717) is 5.92 Å². The Morgan fingerprint density at radius 1 is 1.22 bits per heavy atom. The van der Waals surface area contributed by atoms with E-state index in [9.17, 15) is 0 Å². The van der Waals surface area contributed by atoms with Crippen molar-refractivity contribution in [1.82, 2.24) is 20.4 Å². The van der Waals surface area contributed by atoms with Crippen LogP contribution in [0.4, 0.5) is 0 Å². The van der Waals surface area contributed by atoms with Crippen molar-refractivity contribution in [3.63, 3.8) is 0 Å². The van der Waals surface area contributed by atoms with Crippen LogP contribution < -0.4 is 10.6 Å². The molecule has 0 saturated carbocycles. The van der Waals surface area contributed by atoms with Gasteiger partial charge in [-0.2, -0.15) is 5.10 Å². The van der Waals surface area contributed by atoms with Crippen LogP contribution in [0.3, 0.4) is 0 Å². The fourth-order valence-electron chi connectivity index (χ4n) is 2.45. The standard InChI is InChI=1S/C17H33N5.HI/c1-6-16(7-2)13-20-17(18-8-3)19-10-9-11-22-15(5)12-14(4)21-22;/h12,16H,6-11,13H2,1-5H3,(H2,18,19,20);1H. The van der Waals surface area contributed by atoms with Crippen molar-refractivity contribution in [2.45, 2.75) is 60.4 Å². The van der Waals surface area contributed by atoms with Crippen LogP contribution in [0.25, 0.3) is 0 Å². The second kappa shape index (κ2) is 12.6. The zero-order valence-electron chi connectivity index (χ0n) is 15.4. The van der Waals surface area contributed by atoms with Gasteiger partial charge < -0.3 is 10.6 Å². The lowest BCUT2D eigenvalue weighted by Gasteiger charge is -2.14. The average molecular weight is 435 g/mol. The molecule has 0 aliphatic carbocycles. The second-order valence-electron chi connectivity index (χ2n) is 5.83. The average Bonchev–Trinajstić information content (AvgIpc) is 2.82. The highest BCUT2D eigenvalue weighted by atomic mass is 127. The summed E-state index contributed by atoms with van der Waals surface area (Å²) in [6.07, 6.45) is 3.42. The molecule has 6 heteroatoms. The Kier molecular flexibility index (Phi) is 12.2. The fourth-order valence-corrected chi connectivity index (χ4v) is 2.45. The number of nitrogens with one attached hydrogen (secondary N) is 2. The Labute approximate surface area is 158 Å². The molecule has 23 heavy (non-hydrogen) atoms. The minimum atomic E-state index is 0. The molecule has 0 radical (unpaired) electrons. The number of hydrogen-bond donors (Lipinski definition) is 2. The molecule has 0 unspecified atom stereocenters. The Hall–Kier alpha value is -0.790. The molecule has 0 saturated heterocycles. The molecule has 0 bridgehead atoms. The van der Waals surface area contributed by atoms with Crippen LogP contribution in [0.15, 0.2) is 11.1 Å². The summed E-state index contributed by atoms with van der Waals surface area (Å²) < 4.78 is 2.07. The third kappa shape index (κ3) is 8.58. The highest BCUT2D eigenvalue weighted by molar-refractivity contribution is 14.0. The van der Waals surface area contributed by atoms with Gasteiger partial charge in [-0.1, -0.05) is 26.7 Å². The van der Waals surface area contributed by atoms with E-state index in [2.05, 4.69) is 54.2 Å². The van der Waals surface area contributed by atoms with Crippen molar-refractivity contribution in [2.24, 2.45) is 10.9 Å². The number of rotatable bonds is 9. The summed E-state index contributed by atoms with van der Waals surface area (Å²) in [6.45, 7) is 14.4. The van der Waals surface area contributed by atoms with Gasteiger partial charge in [0.25, 0.3) is 0 Å². The molecule has 5 nitrogen and oxygen atoms in total. The summed E-state index contributed by atoms with van der Waals surface area (Å²) in [6, 6.07) is 2.12. The molecule has 1 heterocycles. The zero-order chi connectivity index (χ0) is 16.4. The van der Waals surface area contributed by atoms with Crippen molar-refractivity contribution < 1.29 is 0 Å². The summed E-state index contributed by atoms with van der Waals surface area (Å²) in [7, 11) is 0. The number of aryl methyl sites for hydroxylation is 3. The van der Waals surface area contributed by atoms with E-state index in [0.717, 1.165) is 44.3 Å². The van der Waals surface area contributed by atoms with E-state index in [-0.39, 0.29) is 24.0 Å². The monoisotopic (exact) mass is 435 g/mol. The maximum absolute atomic E-state index is 4.69. The van der Waals surface area contributed by atoms with Gasteiger partial charge in [0, 0.05) is 31.9 Å². The Balaban J connectivity index is 0.00000484. The first-order valence-corrected chi connectivity index (χ1v) is 8.63. The van der Waals surface area contributed by atoms with Crippen LogP contribution in [0.1, 0.15) is 51.4 Å². The van der Waals surface area contributed by atoms with Gasteiger partial charge in [-0.15, -0.1) is 24.0 Å². The lowest BCUT2D eigenvalue weighted by atomic mass is 10.0. The van der Waals surface area contributed by atoms with Gasteiger partial charge in [-0.05, 0) is 39.2 Å². The molecule has 0 amide bonds. The Bertz CT molecular complexity index is 452. The third-order valence-electron chi connectivity index (χ3n) is 3.95. The lowest BCUT2D eigenvalue weighted by molar-refractivity contribution is 0.503. The zero-order valence-corrected chi connectivity index (χ0v) is 17.7. The number of hydrogen-bond acceptors (Lipinski definition) is 2. The topological polar surface area (TPSA) is 54.2 Å². The molecule has 0 spiro atoms. The van der Waals surface area contributed by atoms with Crippen molar-refractivity contribution in [1.29, 1.82) is 0 Å². The van der Waals surface area contributed by atoms with Gasteiger partial charge >= 0.3 is 0 Å². The fraction of sp³-hybridized carbons (Fsp3) is 0.765. The van der Waals surface area contributed by atoms with Crippen molar-refractivity contribution in [3.05, 3.63) is 17.5 Å². The van der Waals surface area contributed by atoms with Gasteiger partial charge in [0.05, 0.1) is 5.69 Å². The summed E-state index contributed by atoms with van der Waals surface area (Å²) in [4.78, 5) is 4.69. The molecule has 134 valence electrons. The molecule has 1 aromatic rings. The van der Waals surface area contributed by atoms with E-state index < -0.39 is 0 Å². The predicted octanol–water partition coefficient (Wildman–Crippen LogP) is 3.50. The van der Waals surface area contributed by atoms with Gasteiger partial charge in [0.1, 0.15) is 0 Å². The molecule has 0 atom stereocenters. The SMILES string of the molecule is CCNC(=NCC(CC)CC)NCCCn1nc(C)cc1C.I. The van der Waals surface area contributed by atoms with E-state index in [1.54, 1.807) is 0 Å². The molecule has 0 aliphatic heterocycles. The van der Waals surface area contributed by atoms with Gasteiger partial charge in [0.2, 0.25) is 0 Å². The Morgan fingerprint density at radius 2 is 1.91 bits per heavy atom. The lowest BCUT2D eigenvalue weighted by Crippen LogP contribution is -2.38. The number of nitrogens with zero attached hydrogens (tertiary/aromatic N) is 3. The van der Waals surface area contributed by atoms with E-state index in [1.807, 2.05) is 6.92 Å². The van der Waals surface area contributed by atoms with Crippen molar-refractivity contribution in [3.8, 4) is 0 Å². The summed E-state index contributed by atoms with van der Waals surface area (Å²) >= 11 is 0. The number of aliphatic imine (C=N–C) groups is 1.